The second-order valence-corrected chi connectivity index (χ2v) is 5.68. The summed E-state index contributed by atoms with van der Waals surface area (Å²) in [6.45, 7) is 9.09. The second-order valence-electron chi connectivity index (χ2n) is 5.68. The Kier molecular flexibility index (Phi) is 5.35. The molecule has 18 heavy (non-hydrogen) atoms. The van der Waals surface area contributed by atoms with Crippen molar-refractivity contribution in [2.75, 3.05) is 13.2 Å². The first-order valence-corrected chi connectivity index (χ1v) is 6.71. The molecule has 2 N–H and O–H groups in total. The van der Waals surface area contributed by atoms with Gasteiger partial charge in [0.05, 0.1) is 18.9 Å². The predicted octanol–water partition coefficient (Wildman–Crippen LogP) is 1.77. The van der Waals surface area contributed by atoms with Crippen molar-refractivity contribution in [3.8, 4) is 0 Å². The van der Waals surface area contributed by atoms with E-state index in [1.807, 2.05) is 17.7 Å². The topological polar surface area (TPSA) is 58.3 Å². The molecule has 1 heterocycles. The van der Waals surface area contributed by atoms with Crippen LogP contribution in [0.2, 0.25) is 0 Å². The van der Waals surface area contributed by atoms with E-state index in [2.05, 4.69) is 25.9 Å². The van der Waals surface area contributed by atoms with Crippen molar-refractivity contribution in [1.82, 2.24) is 9.78 Å². The van der Waals surface area contributed by atoms with E-state index in [1.165, 1.54) is 0 Å². The van der Waals surface area contributed by atoms with Gasteiger partial charge in [0.1, 0.15) is 0 Å². The number of aliphatic hydroxyl groups excluding tert-OH is 2. The van der Waals surface area contributed by atoms with Gasteiger partial charge in [0.2, 0.25) is 0 Å². The summed E-state index contributed by atoms with van der Waals surface area (Å²) in [5.74, 6) is 0.448. The number of hydrogen-bond donors (Lipinski definition) is 2. The van der Waals surface area contributed by atoms with Crippen molar-refractivity contribution in [3.05, 3.63) is 17.5 Å². The minimum Gasteiger partial charge on any atom is -0.396 e. The molecule has 0 saturated carbocycles. The van der Waals surface area contributed by atoms with Crippen LogP contribution in [0, 0.1) is 18.3 Å². The summed E-state index contributed by atoms with van der Waals surface area (Å²) in [5, 5.41) is 23.7. The first kappa shape index (κ1) is 15.2. The van der Waals surface area contributed by atoms with Crippen molar-refractivity contribution in [1.29, 1.82) is 0 Å². The monoisotopic (exact) mass is 254 g/mol. The normalized spacial score (nSPS) is 12.4. The molecule has 0 aromatic carbocycles. The molecule has 0 fully saturated rings. The van der Waals surface area contributed by atoms with E-state index in [0.717, 1.165) is 24.4 Å². The Balaban J connectivity index is 2.94. The molecule has 4 heteroatoms. The molecule has 4 nitrogen and oxygen atoms in total. The van der Waals surface area contributed by atoms with Gasteiger partial charge < -0.3 is 10.2 Å². The molecule has 0 aliphatic rings. The van der Waals surface area contributed by atoms with E-state index in [9.17, 15) is 10.2 Å². The fourth-order valence-corrected chi connectivity index (χ4v) is 2.63. The summed E-state index contributed by atoms with van der Waals surface area (Å²) in [4.78, 5) is 0. The maximum atomic E-state index is 9.67. The number of rotatable bonds is 7. The van der Waals surface area contributed by atoms with E-state index >= 15 is 0 Å². The van der Waals surface area contributed by atoms with E-state index in [1.54, 1.807) is 0 Å². The molecule has 0 saturated heterocycles. The fourth-order valence-electron chi connectivity index (χ4n) is 2.63. The fraction of sp³-hybridized carbons (Fsp3) is 0.786. The zero-order valence-corrected chi connectivity index (χ0v) is 12.0. The SMILES string of the molecule is CCn1nc(C)cc1CC(CO)(CO)CC(C)C. The number of nitrogens with zero attached hydrogens (tertiary/aromatic N) is 2. The van der Waals surface area contributed by atoms with Crippen LogP contribution in [0.15, 0.2) is 6.07 Å². The lowest BCUT2D eigenvalue weighted by Gasteiger charge is -2.31. The van der Waals surface area contributed by atoms with Gasteiger partial charge in [0.25, 0.3) is 0 Å². The molecule has 0 aliphatic heterocycles. The highest BCUT2D eigenvalue weighted by atomic mass is 16.3. The van der Waals surface area contributed by atoms with Crippen LogP contribution in [0.1, 0.15) is 38.6 Å². The largest absolute Gasteiger partial charge is 0.396 e. The summed E-state index contributed by atoms with van der Waals surface area (Å²) < 4.78 is 1.95. The third-order valence-electron chi connectivity index (χ3n) is 3.35. The Morgan fingerprint density at radius 3 is 2.39 bits per heavy atom. The van der Waals surface area contributed by atoms with Crippen LogP contribution >= 0.6 is 0 Å². The van der Waals surface area contributed by atoms with Crippen LogP contribution < -0.4 is 0 Å². The summed E-state index contributed by atoms with van der Waals surface area (Å²) in [7, 11) is 0. The number of aliphatic hydroxyl groups is 2. The second kappa shape index (κ2) is 6.34. The molecule has 0 radical (unpaired) electrons. The highest BCUT2D eigenvalue weighted by Crippen LogP contribution is 2.30. The van der Waals surface area contributed by atoms with Crippen LogP contribution in [0.25, 0.3) is 0 Å². The zero-order valence-electron chi connectivity index (χ0n) is 12.0. The van der Waals surface area contributed by atoms with Crippen LogP contribution in [-0.4, -0.2) is 33.2 Å². The lowest BCUT2D eigenvalue weighted by atomic mass is 9.77. The molecular formula is C14H26N2O2. The molecule has 1 rings (SSSR count). The lowest BCUT2D eigenvalue weighted by molar-refractivity contribution is 0.0353. The van der Waals surface area contributed by atoms with Gasteiger partial charge in [-0.2, -0.15) is 5.10 Å². The molecule has 0 aliphatic carbocycles. The Morgan fingerprint density at radius 2 is 1.94 bits per heavy atom. The Labute approximate surface area is 110 Å². The minimum absolute atomic E-state index is 0.00955. The molecular weight excluding hydrogens is 228 g/mol. The standard InChI is InChI=1S/C14H26N2O2/c1-5-16-13(6-12(4)15-16)8-14(9-17,10-18)7-11(2)3/h6,11,17-18H,5,7-10H2,1-4H3. The van der Waals surface area contributed by atoms with Gasteiger partial charge in [-0.15, -0.1) is 0 Å². The Bertz CT molecular complexity index is 368. The molecule has 0 bridgehead atoms. The highest BCUT2D eigenvalue weighted by Gasteiger charge is 2.31. The third-order valence-corrected chi connectivity index (χ3v) is 3.35. The summed E-state index contributed by atoms with van der Waals surface area (Å²) in [6, 6.07) is 2.05. The molecule has 0 atom stereocenters. The van der Waals surface area contributed by atoms with Crippen molar-refractivity contribution in [3.63, 3.8) is 0 Å². The third kappa shape index (κ3) is 3.56. The van der Waals surface area contributed by atoms with Crippen LogP contribution in [0.5, 0.6) is 0 Å². The average molecular weight is 254 g/mol. The number of aromatic nitrogens is 2. The summed E-state index contributed by atoms with van der Waals surface area (Å²) in [5.41, 5.74) is 1.65. The van der Waals surface area contributed by atoms with Gasteiger partial charge in [-0.05, 0) is 38.7 Å². The molecule has 0 unspecified atom stereocenters. The Hall–Kier alpha value is -0.870. The summed E-state index contributed by atoms with van der Waals surface area (Å²) in [6.07, 6.45) is 1.49. The number of aryl methyl sites for hydroxylation is 2. The van der Waals surface area contributed by atoms with Gasteiger partial charge in [0.15, 0.2) is 0 Å². The highest BCUT2D eigenvalue weighted by molar-refractivity contribution is 5.11. The first-order chi connectivity index (χ1) is 8.46. The number of hydrogen-bond acceptors (Lipinski definition) is 3. The van der Waals surface area contributed by atoms with Gasteiger partial charge in [-0.3, -0.25) is 4.68 Å². The predicted molar refractivity (Wildman–Crippen MR) is 72.4 cm³/mol. The van der Waals surface area contributed by atoms with E-state index in [0.29, 0.717) is 12.3 Å². The maximum absolute atomic E-state index is 9.67. The Morgan fingerprint density at radius 1 is 1.33 bits per heavy atom. The lowest BCUT2D eigenvalue weighted by Crippen LogP contribution is -2.34. The minimum atomic E-state index is -0.437. The van der Waals surface area contributed by atoms with E-state index in [4.69, 9.17) is 0 Å². The van der Waals surface area contributed by atoms with E-state index in [-0.39, 0.29) is 13.2 Å². The summed E-state index contributed by atoms with van der Waals surface area (Å²) >= 11 is 0. The smallest absolute Gasteiger partial charge is 0.0596 e. The molecule has 104 valence electrons. The van der Waals surface area contributed by atoms with Crippen LogP contribution in [-0.2, 0) is 13.0 Å². The van der Waals surface area contributed by atoms with Crippen molar-refractivity contribution >= 4 is 0 Å². The van der Waals surface area contributed by atoms with Gasteiger partial charge >= 0.3 is 0 Å². The quantitative estimate of drug-likeness (QED) is 0.779. The molecule has 0 spiro atoms. The van der Waals surface area contributed by atoms with Crippen molar-refractivity contribution < 1.29 is 10.2 Å². The van der Waals surface area contributed by atoms with Gasteiger partial charge in [0, 0.05) is 17.7 Å². The zero-order chi connectivity index (χ0) is 13.8. The van der Waals surface area contributed by atoms with Crippen molar-refractivity contribution in [2.45, 2.75) is 47.1 Å². The average Bonchev–Trinajstić information content (AvgIpc) is 2.67. The van der Waals surface area contributed by atoms with Crippen molar-refractivity contribution in [2.24, 2.45) is 11.3 Å². The molecule has 1 aromatic rings. The molecule has 0 amide bonds. The van der Waals surface area contributed by atoms with Crippen LogP contribution in [0.4, 0.5) is 0 Å². The van der Waals surface area contributed by atoms with Crippen LogP contribution in [0.3, 0.4) is 0 Å². The first-order valence-electron chi connectivity index (χ1n) is 6.71. The van der Waals surface area contributed by atoms with Gasteiger partial charge in [-0.1, -0.05) is 13.8 Å². The van der Waals surface area contributed by atoms with Gasteiger partial charge in [-0.25, -0.2) is 0 Å². The molecule has 1 aromatic heterocycles. The van der Waals surface area contributed by atoms with E-state index < -0.39 is 5.41 Å². The maximum Gasteiger partial charge on any atom is 0.0596 e.